The van der Waals surface area contributed by atoms with Crippen molar-refractivity contribution < 1.29 is 0 Å². The molecule has 0 saturated heterocycles. The lowest BCUT2D eigenvalue weighted by atomic mass is 10.2. The van der Waals surface area contributed by atoms with Crippen molar-refractivity contribution in [2.45, 2.75) is 0 Å². The molecular weight excluding hydrogens is 386 g/mol. The first kappa shape index (κ1) is 15.3. The number of hydrogen-bond acceptors (Lipinski definition) is 5. The third-order valence-corrected chi connectivity index (χ3v) is 5.35. The third-order valence-electron chi connectivity index (χ3n) is 3.72. The zero-order valence-electron chi connectivity index (χ0n) is 13.1. The maximum absolute atomic E-state index is 4.73. The van der Waals surface area contributed by atoms with E-state index in [0.29, 0.717) is 0 Å². The lowest BCUT2D eigenvalue weighted by molar-refractivity contribution is 0.969. The molecule has 2 aromatic heterocycles. The fourth-order valence-corrected chi connectivity index (χ4v) is 3.76. The standard InChI is InChI=1S/C17H14BrN5S/c1-22(2)12-7-5-6-11(10-12)16-21-23-15(19-20-17(23)24-16)13-8-3-4-9-14(13)18/h3-10H,1-2H3. The molecule has 0 atom stereocenters. The van der Waals surface area contributed by atoms with Gasteiger partial charge in [0.25, 0.3) is 0 Å². The van der Waals surface area contributed by atoms with Gasteiger partial charge in [0.05, 0.1) is 0 Å². The van der Waals surface area contributed by atoms with Gasteiger partial charge in [0.1, 0.15) is 5.01 Å². The molecule has 0 unspecified atom stereocenters. The van der Waals surface area contributed by atoms with Gasteiger partial charge in [-0.15, -0.1) is 10.2 Å². The summed E-state index contributed by atoms with van der Waals surface area (Å²) in [6.45, 7) is 0. The van der Waals surface area contributed by atoms with E-state index < -0.39 is 0 Å². The Bertz CT molecular complexity index is 1020. The zero-order chi connectivity index (χ0) is 16.7. The lowest BCUT2D eigenvalue weighted by Gasteiger charge is -2.12. The molecule has 4 aromatic rings. The highest BCUT2D eigenvalue weighted by Crippen LogP contribution is 2.32. The number of anilines is 1. The van der Waals surface area contributed by atoms with E-state index in [-0.39, 0.29) is 0 Å². The SMILES string of the molecule is CN(C)c1cccc(-c2nn3c(-c4ccccc4Br)nnc3s2)c1. The van der Waals surface area contributed by atoms with Crippen LogP contribution in [-0.4, -0.2) is 33.9 Å². The Morgan fingerprint density at radius 2 is 1.88 bits per heavy atom. The smallest absolute Gasteiger partial charge is 0.235 e. The van der Waals surface area contributed by atoms with Crippen LogP contribution in [0.1, 0.15) is 0 Å². The largest absolute Gasteiger partial charge is 0.378 e. The van der Waals surface area contributed by atoms with Crippen molar-refractivity contribution in [1.29, 1.82) is 0 Å². The molecule has 0 aliphatic carbocycles. The number of nitrogens with zero attached hydrogens (tertiary/aromatic N) is 5. The van der Waals surface area contributed by atoms with Gasteiger partial charge in [-0.3, -0.25) is 0 Å². The van der Waals surface area contributed by atoms with Crippen LogP contribution < -0.4 is 4.90 Å². The van der Waals surface area contributed by atoms with E-state index in [1.165, 1.54) is 11.3 Å². The molecule has 2 heterocycles. The highest BCUT2D eigenvalue weighted by Gasteiger charge is 2.16. The van der Waals surface area contributed by atoms with Crippen molar-refractivity contribution in [1.82, 2.24) is 19.8 Å². The summed E-state index contributed by atoms with van der Waals surface area (Å²) in [4.78, 5) is 2.86. The van der Waals surface area contributed by atoms with Gasteiger partial charge in [-0.2, -0.15) is 9.61 Å². The Kier molecular flexibility index (Phi) is 3.82. The third kappa shape index (κ3) is 2.59. The van der Waals surface area contributed by atoms with Crippen LogP contribution in [0.2, 0.25) is 0 Å². The van der Waals surface area contributed by atoms with Crippen LogP contribution >= 0.6 is 27.3 Å². The van der Waals surface area contributed by atoms with Crippen LogP contribution in [0.15, 0.2) is 53.0 Å². The summed E-state index contributed by atoms with van der Waals surface area (Å²) < 4.78 is 2.78. The van der Waals surface area contributed by atoms with E-state index in [2.05, 4.69) is 49.2 Å². The Morgan fingerprint density at radius 1 is 1.04 bits per heavy atom. The van der Waals surface area contributed by atoms with E-state index in [0.717, 1.165) is 37.1 Å². The predicted molar refractivity (Wildman–Crippen MR) is 102 cm³/mol. The van der Waals surface area contributed by atoms with E-state index in [4.69, 9.17) is 5.10 Å². The van der Waals surface area contributed by atoms with E-state index >= 15 is 0 Å². The summed E-state index contributed by atoms with van der Waals surface area (Å²) in [5.74, 6) is 0.740. The van der Waals surface area contributed by atoms with Gasteiger partial charge in [0.2, 0.25) is 4.96 Å². The number of hydrogen-bond donors (Lipinski definition) is 0. The summed E-state index contributed by atoms with van der Waals surface area (Å²) in [5.41, 5.74) is 3.20. The molecule has 0 amide bonds. The highest BCUT2D eigenvalue weighted by atomic mass is 79.9. The topological polar surface area (TPSA) is 46.3 Å². The summed E-state index contributed by atoms with van der Waals surface area (Å²) in [6.07, 6.45) is 0. The minimum atomic E-state index is 0.740. The highest BCUT2D eigenvalue weighted by molar-refractivity contribution is 9.10. The number of fused-ring (bicyclic) bond motifs is 1. The Hall–Kier alpha value is -2.25. The van der Waals surface area contributed by atoms with Crippen LogP contribution in [-0.2, 0) is 0 Å². The Labute approximate surface area is 151 Å². The van der Waals surface area contributed by atoms with E-state index in [9.17, 15) is 0 Å². The Balaban J connectivity index is 1.83. The fourth-order valence-electron chi connectivity index (χ4n) is 2.46. The van der Waals surface area contributed by atoms with E-state index in [1.54, 1.807) is 0 Å². The first-order valence-corrected chi connectivity index (χ1v) is 8.99. The molecule has 2 aromatic carbocycles. The maximum Gasteiger partial charge on any atom is 0.235 e. The molecule has 120 valence electrons. The number of halogens is 1. The van der Waals surface area contributed by atoms with Gasteiger partial charge < -0.3 is 4.90 Å². The van der Waals surface area contributed by atoms with Crippen molar-refractivity contribution in [3.63, 3.8) is 0 Å². The molecule has 0 aliphatic heterocycles. The average molecular weight is 400 g/mol. The van der Waals surface area contributed by atoms with Crippen LogP contribution in [0, 0.1) is 0 Å². The molecule has 0 saturated carbocycles. The van der Waals surface area contributed by atoms with Gasteiger partial charge >= 0.3 is 0 Å². The minimum absolute atomic E-state index is 0.740. The molecular formula is C17H14BrN5S. The maximum atomic E-state index is 4.73. The van der Waals surface area contributed by atoms with E-state index in [1.807, 2.05) is 48.9 Å². The number of rotatable bonds is 3. The molecule has 0 radical (unpaired) electrons. The average Bonchev–Trinajstić information content (AvgIpc) is 3.16. The van der Waals surface area contributed by atoms with Crippen molar-refractivity contribution in [2.75, 3.05) is 19.0 Å². The predicted octanol–water partition coefficient (Wildman–Crippen LogP) is 4.35. The first-order valence-electron chi connectivity index (χ1n) is 7.38. The molecule has 4 rings (SSSR count). The molecule has 0 bridgehead atoms. The summed E-state index contributed by atoms with van der Waals surface area (Å²) in [5, 5.41) is 14.2. The summed E-state index contributed by atoms with van der Waals surface area (Å²) in [6, 6.07) is 16.3. The molecule has 0 N–H and O–H groups in total. The molecule has 24 heavy (non-hydrogen) atoms. The van der Waals surface area contributed by atoms with Crippen LogP contribution in [0.25, 0.3) is 26.9 Å². The van der Waals surface area contributed by atoms with Crippen molar-refractivity contribution in [3.8, 4) is 22.0 Å². The Morgan fingerprint density at radius 3 is 2.67 bits per heavy atom. The van der Waals surface area contributed by atoms with Gasteiger partial charge in [0.15, 0.2) is 5.82 Å². The van der Waals surface area contributed by atoms with Crippen LogP contribution in [0.4, 0.5) is 5.69 Å². The fraction of sp³-hybridized carbons (Fsp3) is 0.118. The summed E-state index contributed by atoms with van der Waals surface area (Å²) in [7, 11) is 4.06. The van der Waals surface area contributed by atoms with Gasteiger partial charge in [-0.1, -0.05) is 51.5 Å². The molecule has 0 fully saturated rings. The molecule has 0 aliphatic rings. The van der Waals surface area contributed by atoms with Gasteiger partial charge in [0, 0.05) is 35.4 Å². The summed E-state index contributed by atoms with van der Waals surface area (Å²) >= 11 is 5.11. The molecule has 5 nitrogen and oxygen atoms in total. The zero-order valence-corrected chi connectivity index (χ0v) is 15.5. The second-order valence-electron chi connectivity index (χ2n) is 5.55. The lowest BCUT2D eigenvalue weighted by Crippen LogP contribution is -2.08. The first-order chi connectivity index (χ1) is 11.6. The van der Waals surface area contributed by atoms with Crippen LogP contribution in [0.3, 0.4) is 0 Å². The molecule has 0 spiro atoms. The molecule has 7 heteroatoms. The minimum Gasteiger partial charge on any atom is -0.378 e. The monoisotopic (exact) mass is 399 g/mol. The van der Waals surface area contributed by atoms with Crippen LogP contribution in [0.5, 0.6) is 0 Å². The van der Waals surface area contributed by atoms with Gasteiger partial charge in [-0.05, 0) is 24.3 Å². The second kappa shape index (κ2) is 5.99. The van der Waals surface area contributed by atoms with Gasteiger partial charge in [-0.25, -0.2) is 0 Å². The number of benzene rings is 2. The normalized spacial score (nSPS) is 11.1. The van der Waals surface area contributed by atoms with Crippen molar-refractivity contribution in [3.05, 3.63) is 53.0 Å². The number of aromatic nitrogens is 4. The second-order valence-corrected chi connectivity index (χ2v) is 7.36. The van der Waals surface area contributed by atoms with Crippen molar-refractivity contribution >= 4 is 37.9 Å². The van der Waals surface area contributed by atoms with Crippen molar-refractivity contribution in [2.24, 2.45) is 0 Å². The quantitative estimate of drug-likeness (QED) is 0.513.